The zero-order valence-corrected chi connectivity index (χ0v) is 14.2. The molecule has 3 rings (SSSR count). The van der Waals surface area contributed by atoms with Crippen LogP contribution in [0.25, 0.3) is 11.3 Å². The Morgan fingerprint density at radius 2 is 2.12 bits per heavy atom. The Bertz CT molecular complexity index is 865. The predicted molar refractivity (Wildman–Crippen MR) is 89.7 cm³/mol. The van der Waals surface area contributed by atoms with Gasteiger partial charge in [0.1, 0.15) is 11.2 Å². The van der Waals surface area contributed by atoms with Crippen LogP contribution in [0.1, 0.15) is 18.6 Å². The lowest BCUT2D eigenvalue weighted by Gasteiger charge is -2.36. The van der Waals surface area contributed by atoms with Crippen molar-refractivity contribution in [2.24, 2.45) is 5.73 Å². The van der Waals surface area contributed by atoms with E-state index in [4.69, 9.17) is 10.3 Å². The summed E-state index contributed by atoms with van der Waals surface area (Å²) in [4.78, 5) is 11.9. The van der Waals surface area contributed by atoms with Gasteiger partial charge in [-0.1, -0.05) is 35.5 Å². The van der Waals surface area contributed by atoms with Crippen molar-refractivity contribution in [2.75, 3.05) is 5.75 Å². The molecule has 1 saturated heterocycles. The molecule has 134 valence electrons. The lowest BCUT2D eigenvalue weighted by Crippen LogP contribution is -2.61. The van der Waals surface area contributed by atoms with Crippen molar-refractivity contribution in [2.45, 2.75) is 30.4 Å². The normalized spacial score (nSPS) is 25.6. The number of aliphatic hydroxyl groups excluding tert-OH is 1. The number of rotatable bonds is 5. The summed E-state index contributed by atoms with van der Waals surface area (Å²) in [6.07, 6.45) is -0.286. The van der Waals surface area contributed by atoms with Crippen LogP contribution < -0.4 is 11.1 Å². The molecule has 0 radical (unpaired) electrons. The van der Waals surface area contributed by atoms with Crippen LogP contribution in [-0.4, -0.2) is 41.3 Å². The Hall–Kier alpha value is -2.23. The van der Waals surface area contributed by atoms with E-state index < -0.39 is 26.7 Å². The minimum atomic E-state index is -3.61. The number of carbonyl (C=O) groups is 1. The molecule has 1 aliphatic heterocycles. The van der Waals surface area contributed by atoms with E-state index >= 15 is 0 Å². The molecule has 1 aromatic heterocycles. The Balaban J connectivity index is 1.73. The van der Waals surface area contributed by atoms with E-state index in [2.05, 4.69) is 10.5 Å². The zero-order chi connectivity index (χ0) is 18.1. The van der Waals surface area contributed by atoms with Crippen molar-refractivity contribution < 1.29 is 22.8 Å². The van der Waals surface area contributed by atoms with Crippen molar-refractivity contribution in [3.8, 4) is 11.3 Å². The maximum Gasteiger partial charge on any atom is 0.237 e. The highest BCUT2D eigenvalue weighted by Gasteiger charge is 2.46. The van der Waals surface area contributed by atoms with Crippen LogP contribution in [0.15, 0.2) is 40.9 Å². The highest BCUT2D eigenvalue weighted by molar-refractivity contribution is 7.91. The first-order valence-electron chi connectivity index (χ1n) is 7.78. The number of nitrogens with zero attached hydrogens (tertiary/aromatic N) is 1. The first-order valence-corrected chi connectivity index (χ1v) is 9.49. The SMILES string of the molecule is NC(=O)C1(NCc2cc(-c3ccccc3)no2)CCS(=O)(=O)C(O)C1. The minimum Gasteiger partial charge on any atom is -0.377 e. The second-order valence-corrected chi connectivity index (χ2v) is 8.40. The van der Waals surface area contributed by atoms with Crippen LogP contribution in [-0.2, 0) is 21.2 Å². The van der Waals surface area contributed by atoms with E-state index in [9.17, 15) is 18.3 Å². The summed E-state index contributed by atoms with van der Waals surface area (Å²) in [5.74, 6) is -0.540. The van der Waals surface area contributed by atoms with E-state index in [0.717, 1.165) is 5.56 Å². The standard InChI is InChI=1S/C16H19N3O5S/c17-15(21)16(6-7-25(22,23)14(20)9-16)18-10-12-8-13(19-24-12)11-4-2-1-3-5-11/h1-5,8,14,18,20H,6-7,9-10H2,(H2,17,21). The second-order valence-electron chi connectivity index (χ2n) is 6.12. The summed E-state index contributed by atoms with van der Waals surface area (Å²) in [5.41, 5.74) is 4.08. The van der Waals surface area contributed by atoms with E-state index in [1.54, 1.807) is 6.07 Å². The van der Waals surface area contributed by atoms with E-state index in [-0.39, 0.29) is 25.1 Å². The van der Waals surface area contributed by atoms with Crippen LogP contribution in [0.2, 0.25) is 0 Å². The van der Waals surface area contributed by atoms with Gasteiger partial charge in [-0.2, -0.15) is 0 Å². The van der Waals surface area contributed by atoms with Gasteiger partial charge in [-0.15, -0.1) is 0 Å². The summed E-state index contributed by atoms with van der Waals surface area (Å²) < 4.78 is 28.6. The molecule has 1 fully saturated rings. The highest BCUT2D eigenvalue weighted by Crippen LogP contribution is 2.28. The monoisotopic (exact) mass is 365 g/mol. The van der Waals surface area contributed by atoms with Crippen molar-refractivity contribution >= 4 is 15.7 Å². The van der Waals surface area contributed by atoms with Gasteiger partial charge in [-0.3, -0.25) is 10.1 Å². The first-order chi connectivity index (χ1) is 11.8. The molecule has 2 atom stereocenters. The average Bonchev–Trinajstić information content (AvgIpc) is 3.06. The summed E-state index contributed by atoms with van der Waals surface area (Å²) in [6.45, 7) is 0.134. The fourth-order valence-corrected chi connectivity index (χ4v) is 4.29. The molecule has 0 bridgehead atoms. The molecule has 0 saturated carbocycles. The fraction of sp³-hybridized carbons (Fsp3) is 0.375. The van der Waals surface area contributed by atoms with Crippen molar-refractivity contribution in [3.05, 3.63) is 42.2 Å². The number of carbonyl (C=O) groups excluding carboxylic acids is 1. The molecular formula is C16H19N3O5S. The smallest absolute Gasteiger partial charge is 0.237 e. The molecule has 1 aromatic carbocycles. The third-order valence-corrected chi connectivity index (χ3v) is 6.22. The lowest BCUT2D eigenvalue weighted by atomic mass is 9.90. The number of hydrogen-bond acceptors (Lipinski definition) is 7. The molecule has 2 unspecified atom stereocenters. The Morgan fingerprint density at radius 3 is 2.76 bits per heavy atom. The molecule has 1 amide bonds. The molecule has 4 N–H and O–H groups in total. The van der Waals surface area contributed by atoms with Gasteiger partial charge in [0.05, 0.1) is 12.3 Å². The summed E-state index contributed by atoms with van der Waals surface area (Å²) >= 11 is 0. The Kier molecular flexibility index (Phi) is 4.63. The summed E-state index contributed by atoms with van der Waals surface area (Å²) in [7, 11) is -3.61. The number of aromatic nitrogens is 1. The molecule has 9 heteroatoms. The minimum absolute atomic E-state index is 0.00140. The predicted octanol–water partition coefficient (Wildman–Crippen LogP) is 0.182. The third kappa shape index (κ3) is 3.58. The van der Waals surface area contributed by atoms with Gasteiger partial charge in [-0.05, 0) is 6.42 Å². The largest absolute Gasteiger partial charge is 0.377 e. The van der Waals surface area contributed by atoms with Gasteiger partial charge in [0.25, 0.3) is 0 Å². The van der Waals surface area contributed by atoms with E-state index in [1.807, 2.05) is 30.3 Å². The number of nitrogens with one attached hydrogen (secondary N) is 1. The number of primary amides is 1. The number of nitrogens with two attached hydrogens (primary N) is 1. The Labute approximate surface area is 144 Å². The van der Waals surface area contributed by atoms with Crippen LogP contribution in [0.5, 0.6) is 0 Å². The maximum atomic E-state index is 11.9. The van der Waals surface area contributed by atoms with Gasteiger partial charge >= 0.3 is 0 Å². The lowest BCUT2D eigenvalue weighted by molar-refractivity contribution is -0.125. The average molecular weight is 365 g/mol. The van der Waals surface area contributed by atoms with Crippen LogP contribution >= 0.6 is 0 Å². The van der Waals surface area contributed by atoms with Gasteiger partial charge in [0.2, 0.25) is 5.91 Å². The number of benzene rings is 1. The van der Waals surface area contributed by atoms with Crippen molar-refractivity contribution in [1.82, 2.24) is 10.5 Å². The molecule has 0 aliphatic carbocycles. The van der Waals surface area contributed by atoms with Crippen LogP contribution in [0.4, 0.5) is 0 Å². The van der Waals surface area contributed by atoms with Crippen LogP contribution in [0.3, 0.4) is 0 Å². The number of aliphatic hydroxyl groups is 1. The molecular weight excluding hydrogens is 346 g/mol. The molecule has 2 heterocycles. The third-order valence-electron chi connectivity index (χ3n) is 4.45. The van der Waals surface area contributed by atoms with Gasteiger partial charge in [0, 0.05) is 18.1 Å². The van der Waals surface area contributed by atoms with Gasteiger partial charge in [0.15, 0.2) is 21.0 Å². The number of sulfone groups is 1. The molecule has 2 aromatic rings. The number of amides is 1. The maximum absolute atomic E-state index is 11.9. The number of hydrogen-bond donors (Lipinski definition) is 3. The van der Waals surface area contributed by atoms with Crippen molar-refractivity contribution in [3.63, 3.8) is 0 Å². The first kappa shape index (κ1) is 17.6. The highest BCUT2D eigenvalue weighted by atomic mass is 32.2. The van der Waals surface area contributed by atoms with Crippen LogP contribution in [0, 0.1) is 0 Å². The van der Waals surface area contributed by atoms with E-state index in [0.29, 0.717) is 11.5 Å². The van der Waals surface area contributed by atoms with Crippen molar-refractivity contribution in [1.29, 1.82) is 0 Å². The Morgan fingerprint density at radius 1 is 1.40 bits per heavy atom. The quantitative estimate of drug-likeness (QED) is 0.688. The topological polar surface area (TPSA) is 136 Å². The van der Waals surface area contributed by atoms with E-state index in [1.165, 1.54) is 0 Å². The fourth-order valence-electron chi connectivity index (χ4n) is 2.85. The molecule has 25 heavy (non-hydrogen) atoms. The second kappa shape index (κ2) is 6.58. The van der Waals surface area contributed by atoms with Gasteiger partial charge in [-0.25, -0.2) is 8.42 Å². The molecule has 8 nitrogen and oxygen atoms in total. The molecule has 0 spiro atoms. The zero-order valence-electron chi connectivity index (χ0n) is 13.4. The molecule has 1 aliphatic rings. The van der Waals surface area contributed by atoms with Gasteiger partial charge < -0.3 is 15.4 Å². The summed E-state index contributed by atoms with van der Waals surface area (Å²) in [6, 6.07) is 11.2. The summed E-state index contributed by atoms with van der Waals surface area (Å²) in [5, 5.41) is 16.7.